The Morgan fingerprint density at radius 2 is 1.90 bits per heavy atom. The van der Waals surface area contributed by atoms with Crippen LogP contribution < -0.4 is 10.5 Å². The van der Waals surface area contributed by atoms with Crippen LogP contribution in [0.4, 0.5) is 4.39 Å². The summed E-state index contributed by atoms with van der Waals surface area (Å²) in [6.07, 6.45) is 7.06. The summed E-state index contributed by atoms with van der Waals surface area (Å²) < 4.78 is 19.7. The second kappa shape index (κ2) is 9.29. The number of rotatable bonds is 9. The Kier molecular flexibility index (Phi) is 8.07. The van der Waals surface area contributed by atoms with Crippen LogP contribution in [0.15, 0.2) is 16.6 Å². The van der Waals surface area contributed by atoms with Crippen molar-refractivity contribution >= 4 is 33.1 Å². The van der Waals surface area contributed by atoms with Crippen molar-refractivity contribution in [2.24, 2.45) is 5.73 Å². The minimum absolute atomic E-state index is 0.165. The number of hydrogen-bond donors (Lipinski definition) is 1. The fourth-order valence-corrected chi connectivity index (χ4v) is 2.74. The summed E-state index contributed by atoms with van der Waals surface area (Å²) in [5, 5.41) is 0. The summed E-state index contributed by atoms with van der Waals surface area (Å²) in [7, 11) is 0. The first-order chi connectivity index (χ1) is 9.57. The molecule has 0 saturated carbocycles. The minimum atomic E-state index is -0.443. The van der Waals surface area contributed by atoms with Gasteiger partial charge in [0.2, 0.25) is 0 Å². The van der Waals surface area contributed by atoms with Crippen LogP contribution >= 0.6 is 28.1 Å². The first-order valence-corrected chi connectivity index (χ1v) is 8.18. The monoisotopic (exact) mass is 361 g/mol. The van der Waals surface area contributed by atoms with E-state index in [2.05, 4.69) is 22.9 Å². The van der Waals surface area contributed by atoms with E-state index in [0.29, 0.717) is 12.2 Å². The highest BCUT2D eigenvalue weighted by Gasteiger charge is 2.13. The standard InChI is InChI=1S/C15H21BrFNOS/c1-2-3-4-5-6-7-10-19-12-9-8-11(15(18)20)13(16)14(12)17/h8-9H,2-7,10H2,1H3,(H2,18,20). The van der Waals surface area contributed by atoms with E-state index in [9.17, 15) is 4.39 Å². The van der Waals surface area contributed by atoms with Crippen LogP contribution in [0, 0.1) is 5.82 Å². The molecule has 1 rings (SSSR count). The number of nitrogens with two attached hydrogens (primary N) is 1. The van der Waals surface area contributed by atoms with Crippen molar-refractivity contribution in [1.29, 1.82) is 0 Å². The van der Waals surface area contributed by atoms with Gasteiger partial charge in [-0.3, -0.25) is 0 Å². The molecule has 0 aliphatic heterocycles. The molecule has 2 nitrogen and oxygen atoms in total. The van der Waals surface area contributed by atoms with Gasteiger partial charge in [-0.15, -0.1) is 0 Å². The van der Waals surface area contributed by atoms with Crippen LogP contribution in [0.1, 0.15) is 51.0 Å². The smallest absolute Gasteiger partial charge is 0.179 e. The third kappa shape index (κ3) is 5.37. The van der Waals surface area contributed by atoms with E-state index in [-0.39, 0.29) is 15.2 Å². The summed E-state index contributed by atoms with van der Waals surface area (Å²) >= 11 is 8.01. The van der Waals surface area contributed by atoms with Gasteiger partial charge in [-0.1, -0.05) is 51.2 Å². The number of thiocarbonyl (C=S) groups is 1. The highest BCUT2D eigenvalue weighted by Crippen LogP contribution is 2.28. The second-order valence-corrected chi connectivity index (χ2v) is 5.95. The second-order valence-electron chi connectivity index (χ2n) is 4.72. The molecule has 0 heterocycles. The predicted molar refractivity (Wildman–Crippen MR) is 88.9 cm³/mol. The first-order valence-electron chi connectivity index (χ1n) is 6.98. The van der Waals surface area contributed by atoms with E-state index < -0.39 is 5.82 Å². The molecule has 2 N–H and O–H groups in total. The summed E-state index contributed by atoms with van der Waals surface area (Å²) in [5.41, 5.74) is 6.00. The number of unbranched alkanes of at least 4 members (excludes halogenated alkanes) is 5. The lowest BCUT2D eigenvalue weighted by molar-refractivity contribution is 0.289. The van der Waals surface area contributed by atoms with Gasteiger partial charge in [-0.2, -0.15) is 0 Å². The topological polar surface area (TPSA) is 35.2 Å². The van der Waals surface area contributed by atoms with Crippen LogP contribution in [-0.4, -0.2) is 11.6 Å². The third-order valence-corrected chi connectivity index (χ3v) is 4.06. The zero-order valence-corrected chi connectivity index (χ0v) is 14.2. The zero-order chi connectivity index (χ0) is 15.0. The molecule has 0 aromatic heterocycles. The average molecular weight is 362 g/mol. The fourth-order valence-electron chi connectivity index (χ4n) is 1.90. The van der Waals surface area contributed by atoms with Crippen molar-refractivity contribution in [3.63, 3.8) is 0 Å². The molecular formula is C15H21BrFNOS. The molecule has 0 atom stereocenters. The van der Waals surface area contributed by atoms with Gasteiger partial charge in [0, 0.05) is 5.56 Å². The normalized spacial score (nSPS) is 10.6. The molecule has 5 heteroatoms. The average Bonchev–Trinajstić information content (AvgIpc) is 2.42. The van der Waals surface area contributed by atoms with E-state index in [4.69, 9.17) is 22.7 Å². The molecule has 20 heavy (non-hydrogen) atoms. The first kappa shape index (κ1) is 17.4. The van der Waals surface area contributed by atoms with E-state index in [1.54, 1.807) is 12.1 Å². The lowest BCUT2D eigenvalue weighted by Gasteiger charge is -2.10. The van der Waals surface area contributed by atoms with Gasteiger partial charge in [-0.25, -0.2) is 4.39 Å². The van der Waals surface area contributed by atoms with Gasteiger partial charge in [0.05, 0.1) is 11.1 Å². The summed E-state index contributed by atoms with van der Waals surface area (Å²) in [6.45, 7) is 2.72. The molecule has 0 aliphatic rings. The van der Waals surface area contributed by atoms with E-state index >= 15 is 0 Å². The van der Waals surface area contributed by atoms with Gasteiger partial charge >= 0.3 is 0 Å². The number of halogens is 2. The zero-order valence-electron chi connectivity index (χ0n) is 11.8. The van der Waals surface area contributed by atoms with Gasteiger partial charge in [-0.05, 0) is 34.5 Å². The maximum atomic E-state index is 14.0. The lowest BCUT2D eigenvalue weighted by Crippen LogP contribution is -2.11. The van der Waals surface area contributed by atoms with E-state index in [1.165, 1.54) is 25.7 Å². The molecular weight excluding hydrogens is 341 g/mol. The molecule has 112 valence electrons. The number of hydrogen-bond acceptors (Lipinski definition) is 2. The van der Waals surface area contributed by atoms with E-state index in [0.717, 1.165) is 12.8 Å². The molecule has 0 saturated heterocycles. The Morgan fingerprint density at radius 3 is 2.55 bits per heavy atom. The number of ether oxygens (including phenoxy) is 1. The largest absolute Gasteiger partial charge is 0.490 e. The summed E-state index contributed by atoms with van der Waals surface area (Å²) in [6, 6.07) is 3.25. The Morgan fingerprint density at radius 1 is 1.25 bits per heavy atom. The van der Waals surface area contributed by atoms with Crippen molar-refractivity contribution in [2.75, 3.05) is 6.61 Å². The van der Waals surface area contributed by atoms with Gasteiger partial charge < -0.3 is 10.5 Å². The maximum Gasteiger partial charge on any atom is 0.179 e. The molecule has 0 aliphatic carbocycles. The molecule has 0 spiro atoms. The van der Waals surface area contributed by atoms with Gasteiger partial charge in [0.25, 0.3) is 0 Å². The van der Waals surface area contributed by atoms with Crippen molar-refractivity contribution in [2.45, 2.75) is 45.4 Å². The Labute approximate surface area is 134 Å². The highest BCUT2D eigenvalue weighted by atomic mass is 79.9. The molecule has 1 aromatic rings. The van der Waals surface area contributed by atoms with Crippen LogP contribution in [0.2, 0.25) is 0 Å². The molecule has 0 unspecified atom stereocenters. The highest BCUT2D eigenvalue weighted by molar-refractivity contribution is 9.10. The molecule has 0 fully saturated rings. The maximum absolute atomic E-state index is 14.0. The van der Waals surface area contributed by atoms with Crippen LogP contribution in [0.3, 0.4) is 0 Å². The van der Waals surface area contributed by atoms with Gasteiger partial charge in [0.1, 0.15) is 4.99 Å². The fraction of sp³-hybridized carbons (Fsp3) is 0.533. The third-order valence-electron chi connectivity index (χ3n) is 3.07. The molecule has 0 bridgehead atoms. The number of benzene rings is 1. The van der Waals surface area contributed by atoms with E-state index in [1.807, 2.05) is 0 Å². The van der Waals surface area contributed by atoms with Crippen LogP contribution in [0.5, 0.6) is 5.75 Å². The summed E-state index contributed by atoms with van der Waals surface area (Å²) in [5.74, 6) is -0.202. The Balaban J connectivity index is 2.41. The molecule has 1 aromatic carbocycles. The van der Waals surface area contributed by atoms with Crippen molar-refractivity contribution in [1.82, 2.24) is 0 Å². The molecule has 0 amide bonds. The summed E-state index contributed by atoms with van der Waals surface area (Å²) in [4.78, 5) is 0.165. The van der Waals surface area contributed by atoms with Crippen molar-refractivity contribution in [3.05, 3.63) is 28.0 Å². The van der Waals surface area contributed by atoms with Crippen LogP contribution in [-0.2, 0) is 0 Å². The molecule has 0 radical (unpaired) electrons. The SMILES string of the molecule is CCCCCCCCOc1ccc(C(N)=S)c(Br)c1F. The lowest BCUT2D eigenvalue weighted by atomic mass is 10.1. The van der Waals surface area contributed by atoms with Crippen molar-refractivity contribution < 1.29 is 9.13 Å². The predicted octanol–water partition coefficient (Wildman–Crippen LogP) is 4.96. The van der Waals surface area contributed by atoms with Crippen LogP contribution in [0.25, 0.3) is 0 Å². The quantitative estimate of drug-likeness (QED) is 0.498. The Hall–Kier alpha value is -0.680. The minimum Gasteiger partial charge on any atom is -0.490 e. The Bertz CT molecular complexity index is 454. The van der Waals surface area contributed by atoms with Crippen molar-refractivity contribution in [3.8, 4) is 5.75 Å². The van der Waals surface area contributed by atoms with Gasteiger partial charge in [0.15, 0.2) is 11.6 Å².